The minimum Gasteiger partial charge on any atom is -0.358 e. The molecule has 0 atom stereocenters. The molecule has 3 aromatic heterocycles. The SMILES string of the molecule is Cc1cc(C)n2nc(C(=O)N3CCc4[nH]c5ccccc5c4C3)nc2n1. The maximum Gasteiger partial charge on any atom is 0.293 e. The summed E-state index contributed by atoms with van der Waals surface area (Å²) in [7, 11) is 0. The van der Waals surface area contributed by atoms with Gasteiger partial charge >= 0.3 is 0 Å². The lowest BCUT2D eigenvalue weighted by molar-refractivity contribution is 0.0723. The molecule has 0 radical (unpaired) electrons. The molecule has 0 bridgehead atoms. The molecule has 0 saturated heterocycles. The standard InChI is InChI=1S/C19H18N6O/c1-11-9-12(2)25-19(20-11)22-17(23-25)18(26)24-8-7-16-14(10-24)13-5-3-4-6-15(13)21-16/h3-6,9,21H,7-8,10H2,1-2H3. The zero-order valence-electron chi connectivity index (χ0n) is 14.7. The van der Waals surface area contributed by atoms with Crippen LogP contribution in [0.5, 0.6) is 0 Å². The highest BCUT2D eigenvalue weighted by molar-refractivity contribution is 5.92. The number of nitrogens with zero attached hydrogens (tertiary/aromatic N) is 5. The van der Waals surface area contributed by atoms with E-state index in [2.05, 4.69) is 32.2 Å². The molecule has 0 spiro atoms. The van der Waals surface area contributed by atoms with E-state index in [4.69, 9.17) is 0 Å². The van der Waals surface area contributed by atoms with Gasteiger partial charge in [-0.3, -0.25) is 4.79 Å². The molecular formula is C19H18N6O. The largest absolute Gasteiger partial charge is 0.358 e. The predicted octanol–water partition coefficient (Wildman–Crippen LogP) is 2.42. The quantitative estimate of drug-likeness (QED) is 0.574. The zero-order valence-corrected chi connectivity index (χ0v) is 14.7. The number of aromatic amines is 1. The average Bonchev–Trinajstić information content (AvgIpc) is 3.22. The Kier molecular flexibility index (Phi) is 3.12. The summed E-state index contributed by atoms with van der Waals surface area (Å²) in [4.78, 5) is 27.0. The summed E-state index contributed by atoms with van der Waals surface area (Å²) in [5, 5.41) is 5.56. The number of fused-ring (bicyclic) bond motifs is 4. The topological polar surface area (TPSA) is 79.2 Å². The lowest BCUT2D eigenvalue weighted by Crippen LogP contribution is -2.36. The van der Waals surface area contributed by atoms with Crippen LogP contribution in [0, 0.1) is 13.8 Å². The number of aryl methyl sites for hydroxylation is 2. The number of rotatable bonds is 1. The van der Waals surface area contributed by atoms with Gasteiger partial charge in [-0.1, -0.05) is 18.2 Å². The normalized spacial score (nSPS) is 14.2. The third-order valence-corrected chi connectivity index (χ3v) is 4.98. The Morgan fingerprint density at radius 3 is 2.92 bits per heavy atom. The summed E-state index contributed by atoms with van der Waals surface area (Å²) in [6.07, 6.45) is 0.805. The molecular weight excluding hydrogens is 328 g/mol. The highest BCUT2D eigenvalue weighted by Gasteiger charge is 2.27. The van der Waals surface area contributed by atoms with Crippen molar-refractivity contribution < 1.29 is 4.79 Å². The molecule has 0 aliphatic carbocycles. The van der Waals surface area contributed by atoms with Gasteiger partial charge in [0.15, 0.2) is 0 Å². The number of carbonyl (C=O) groups is 1. The van der Waals surface area contributed by atoms with Crippen LogP contribution >= 0.6 is 0 Å². The number of benzene rings is 1. The summed E-state index contributed by atoms with van der Waals surface area (Å²) in [5.74, 6) is 0.522. The molecule has 1 aromatic carbocycles. The minimum absolute atomic E-state index is 0.150. The molecule has 130 valence electrons. The summed E-state index contributed by atoms with van der Waals surface area (Å²) < 4.78 is 1.63. The maximum atomic E-state index is 13.0. The third kappa shape index (κ3) is 2.20. The Hall–Kier alpha value is -3.22. The lowest BCUT2D eigenvalue weighted by atomic mass is 10.0. The lowest BCUT2D eigenvalue weighted by Gasteiger charge is -2.26. The summed E-state index contributed by atoms with van der Waals surface area (Å²) in [6, 6.07) is 10.1. The summed E-state index contributed by atoms with van der Waals surface area (Å²) in [6.45, 7) is 5.06. The first kappa shape index (κ1) is 15.1. The van der Waals surface area contributed by atoms with E-state index in [0.29, 0.717) is 18.9 Å². The van der Waals surface area contributed by atoms with Crippen molar-refractivity contribution in [1.29, 1.82) is 0 Å². The van der Waals surface area contributed by atoms with E-state index in [1.807, 2.05) is 36.9 Å². The van der Waals surface area contributed by atoms with Crippen LogP contribution in [0.1, 0.15) is 33.3 Å². The zero-order chi connectivity index (χ0) is 17.8. The number of carbonyl (C=O) groups excluding carboxylic acids is 1. The fraction of sp³-hybridized carbons (Fsp3) is 0.263. The van der Waals surface area contributed by atoms with Crippen LogP contribution in [-0.2, 0) is 13.0 Å². The maximum absolute atomic E-state index is 13.0. The van der Waals surface area contributed by atoms with Crippen molar-refractivity contribution in [3.05, 3.63) is 58.8 Å². The van der Waals surface area contributed by atoms with E-state index in [1.54, 1.807) is 4.52 Å². The number of hydrogen-bond donors (Lipinski definition) is 1. The first-order chi connectivity index (χ1) is 12.6. The molecule has 1 aliphatic heterocycles. The van der Waals surface area contributed by atoms with Crippen LogP contribution < -0.4 is 0 Å². The van der Waals surface area contributed by atoms with Crippen molar-refractivity contribution in [2.75, 3.05) is 6.54 Å². The van der Waals surface area contributed by atoms with Gasteiger partial charge in [-0.25, -0.2) is 9.50 Å². The molecule has 1 N–H and O–H groups in total. The number of nitrogens with one attached hydrogen (secondary N) is 1. The van der Waals surface area contributed by atoms with E-state index in [9.17, 15) is 4.79 Å². The van der Waals surface area contributed by atoms with E-state index >= 15 is 0 Å². The highest BCUT2D eigenvalue weighted by atomic mass is 16.2. The third-order valence-electron chi connectivity index (χ3n) is 4.98. The van der Waals surface area contributed by atoms with E-state index in [1.165, 1.54) is 16.6 Å². The molecule has 7 nitrogen and oxygen atoms in total. The minimum atomic E-state index is -0.150. The Bertz CT molecular complexity index is 1170. The second kappa shape index (κ2) is 5.39. The van der Waals surface area contributed by atoms with Crippen LogP contribution in [0.15, 0.2) is 30.3 Å². The van der Waals surface area contributed by atoms with Crippen molar-refractivity contribution in [2.24, 2.45) is 0 Å². The van der Waals surface area contributed by atoms with E-state index in [0.717, 1.165) is 23.3 Å². The Morgan fingerprint density at radius 1 is 1.19 bits per heavy atom. The molecule has 4 heterocycles. The van der Waals surface area contributed by atoms with Crippen molar-refractivity contribution in [1.82, 2.24) is 29.5 Å². The van der Waals surface area contributed by atoms with Gasteiger partial charge in [0.05, 0.1) is 0 Å². The van der Waals surface area contributed by atoms with Crippen LogP contribution in [0.25, 0.3) is 16.7 Å². The number of amides is 1. The fourth-order valence-corrected chi connectivity index (χ4v) is 3.74. The van der Waals surface area contributed by atoms with Crippen molar-refractivity contribution >= 4 is 22.6 Å². The van der Waals surface area contributed by atoms with Gasteiger partial charge in [-0.05, 0) is 26.0 Å². The number of H-pyrrole nitrogens is 1. The molecule has 1 aliphatic rings. The Labute approximate surface area is 149 Å². The fourth-order valence-electron chi connectivity index (χ4n) is 3.74. The average molecular weight is 346 g/mol. The number of para-hydroxylation sites is 1. The molecule has 0 saturated carbocycles. The Morgan fingerprint density at radius 2 is 2.04 bits per heavy atom. The molecule has 4 aromatic rings. The molecule has 5 rings (SSSR count). The first-order valence-corrected chi connectivity index (χ1v) is 8.69. The van der Waals surface area contributed by atoms with Crippen molar-refractivity contribution in [3.63, 3.8) is 0 Å². The van der Waals surface area contributed by atoms with Crippen molar-refractivity contribution in [2.45, 2.75) is 26.8 Å². The summed E-state index contributed by atoms with van der Waals surface area (Å²) in [5.41, 5.74) is 5.30. The molecule has 7 heteroatoms. The van der Waals surface area contributed by atoms with Gasteiger partial charge in [0.1, 0.15) is 0 Å². The second-order valence-corrected chi connectivity index (χ2v) is 6.79. The van der Waals surface area contributed by atoms with Gasteiger partial charge in [-0.2, -0.15) is 4.98 Å². The Balaban J connectivity index is 1.51. The van der Waals surface area contributed by atoms with Gasteiger partial charge in [-0.15, -0.1) is 5.10 Å². The van der Waals surface area contributed by atoms with Crippen LogP contribution in [0.4, 0.5) is 0 Å². The summed E-state index contributed by atoms with van der Waals surface area (Å²) >= 11 is 0. The van der Waals surface area contributed by atoms with E-state index in [-0.39, 0.29) is 11.7 Å². The van der Waals surface area contributed by atoms with Crippen LogP contribution in [-0.4, -0.2) is 41.9 Å². The first-order valence-electron chi connectivity index (χ1n) is 8.69. The predicted molar refractivity (Wildman–Crippen MR) is 97.0 cm³/mol. The van der Waals surface area contributed by atoms with Crippen molar-refractivity contribution in [3.8, 4) is 0 Å². The number of aromatic nitrogens is 5. The van der Waals surface area contributed by atoms with Gasteiger partial charge in [0.2, 0.25) is 5.82 Å². The second-order valence-electron chi connectivity index (χ2n) is 6.79. The molecule has 1 amide bonds. The number of hydrogen-bond acceptors (Lipinski definition) is 4. The molecule has 0 unspecified atom stereocenters. The monoisotopic (exact) mass is 346 g/mol. The van der Waals surface area contributed by atoms with Gasteiger partial charge in [0.25, 0.3) is 11.7 Å². The van der Waals surface area contributed by atoms with E-state index < -0.39 is 0 Å². The van der Waals surface area contributed by atoms with Crippen LogP contribution in [0.3, 0.4) is 0 Å². The van der Waals surface area contributed by atoms with Gasteiger partial charge in [0, 0.05) is 53.1 Å². The van der Waals surface area contributed by atoms with Crippen LogP contribution in [0.2, 0.25) is 0 Å². The smallest absolute Gasteiger partial charge is 0.293 e. The molecule has 0 fully saturated rings. The highest BCUT2D eigenvalue weighted by Crippen LogP contribution is 2.28. The van der Waals surface area contributed by atoms with Gasteiger partial charge < -0.3 is 9.88 Å². The molecule has 26 heavy (non-hydrogen) atoms.